The summed E-state index contributed by atoms with van der Waals surface area (Å²) in [5.41, 5.74) is 3.90. The van der Waals surface area contributed by atoms with Crippen LogP contribution in [0.5, 0.6) is 5.75 Å². The highest BCUT2D eigenvalue weighted by Gasteiger charge is 2.12. The zero-order chi connectivity index (χ0) is 20.2. The Kier molecular flexibility index (Phi) is 5.20. The Morgan fingerprint density at radius 2 is 1.76 bits per heavy atom. The molecule has 0 bridgehead atoms. The van der Waals surface area contributed by atoms with Gasteiger partial charge in [-0.25, -0.2) is 9.37 Å². The topological polar surface area (TPSA) is 51.2 Å². The van der Waals surface area contributed by atoms with E-state index in [-0.39, 0.29) is 18.3 Å². The highest BCUT2D eigenvalue weighted by atomic mass is 19.1. The van der Waals surface area contributed by atoms with Gasteiger partial charge in [0.25, 0.3) is 5.91 Å². The predicted octanol–water partition coefficient (Wildman–Crippen LogP) is 5.37. The molecule has 1 aromatic heterocycles. The average molecular weight is 386 g/mol. The molecule has 0 unspecified atom stereocenters. The van der Waals surface area contributed by atoms with Gasteiger partial charge >= 0.3 is 0 Å². The van der Waals surface area contributed by atoms with Crippen molar-refractivity contribution in [2.45, 2.75) is 6.92 Å². The van der Waals surface area contributed by atoms with Crippen LogP contribution < -0.4 is 10.1 Å². The first-order valence-electron chi connectivity index (χ1n) is 9.24. The van der Waals surface area contributed by atoms with E-state index in [2.05, 4.69) is 10.3 Å². The fourth-order valence-electron chi connectivity index (χ4n) is 3.09. The van der Waals surface area contributed by atoms with Gasteiger partial charge in [-0.1, -0.05) is 48.5 Å². The normalized spacial score (nSPS) is 10.7. The molecule has 0 saturated heterocycles. The second-order valence-electron chi connectivity index (χ2n) is 6.68. The van der Waals surface area contributed by atoms with Crippen molar-refractivity contribution in [3.05, 3.63) is 90.2 Å². The van der Waals surface area contributed by atoms with Gasteiger partial charge in [0, 0.05) is 22.7 Å². The number of nitrogens with zero attached hydrogens (tertiary/aromatic N) is 1. The molecule has 144 valence electrons. The van der Waals surface area contributed by atoms with Crippen molar-refractivity contribution in [2.75, 3.05) is 11.9 Å². The number of aryl methyl sites for hydroxylation is 1. The zero-order valence-electron chi connectivity index (χ0n) is 15.9. The molecule has 1 N–H and O–H groups in total. The largest absolute Gasteiger partial charge is 0.483 e. The number of aromatic nitrogens is 1. The van der Waals surface area contributed by atoms with Crippen LogP contribution in [-0.4, -0.2) is 17.5 Å². The van der Waals surface area contributed by atoms with Crippen LogP contribution in [0, 0.1) is 12.7 Å². The van der Waals surface area contributed by atoms with E-state index in [4.69, 9.17) is 4.74 Å². The molecule has 1 heterocycles. The summed E-state index contributed by atoms with van der Waals surface area (Å²) in [7, 11) is 0. The number of amides is 1. The van der Waals surface area contributed by atoms with Crippen LogP contribution in [0.25, 0.3) is 22.2 Å². The number of para-hydroxylation sites is 1. The number of anilines is 1. The molecular formula is C24H19FN2O2. The number of halogens is 1. The summed E-state index contributed by atoms with van der Waals surface area (Å²) >= 11 is 0. The number of rotatable bonds is 5. The number of nitrogens with one attached hydrogen (secondary N) is 1. The molecule has 0 atom stereocenters. The molecule has 29 heavy (non-hydrogen) atoms. The number of benzene rings is 3. The third-order valence-electron chi connectivity index (χ3n) is 4.58. The van der Waals surface area contributed by atoms with Gasteiger partial charge < -0.3 is 10.1 Å². The van der Waals surface area contributed by atoms with E-state index in [1.165, 1.54) is 12.1 Å². The third kappa shape index (κ3) is 4.24. The van der Waals surface area contributed by atoms with E-state index >= 15 is 0 Å². The van der Waals surface area contributed by atoms with Crippen molar-refractivity contribution < 1.29 is 13.9 Å². The van der Waals surface area contributed by atoms with E-state index < -0.39 is 0 Å². The second kappa shape index (κ2) is 8.10. The molecule has 4 nitrogen and oxygen atoms in total. The van der Waals surface area contributed by atoms with Gasteiger partial charge in [-0.2, -0.15) is 0 Å². The third-order valence-corrected chi connectivity index (χ3v) is 4.58. The minimum atomic E-state index is -0.388. The van der Waals surface area contributed by atoms with Crippen molar-refractivity contribution in [2.24, 2.45) is 0 Å². The molecule has 0 spiro atoms. The van der Waals surface area contributed by atoms with Crippen LogP contribution in [0.1, 0.15) is 5.56 Å². The summed E-state index contributed by atoms with van der Waals surface area (Å²) in [4.78, 5) is 17.0. The minimum absolute atomic E-state index is 0.196. The summed E-state index contributed by atoms with van der Waals surface area (Å²) in [5.74, 6) is -0.267. The molecule has 0 radical (unpaired) electrons. The Bertz CT molecular complexity index is 1180. The Morgan fingerprint density at radius 3 is 2.55 bits per heavy atom. The van der Waals surface area contributed by atoms with Gasteiger partial charge in [0.2, 0.25) is 0 Å². The maximum absolute atomic E-state index is 13.8. The first-order valence-corrected chi connectivity index (χ1v) is 9.24. The molecule has 0 aliphatic carbocycles. The first-order chi connectivity index (χ1) is 14.1. The summed E-state index contributed by atoms with van der Waals surface area (Å²) in [6.45, 7) is 1.72. The summed E-state index contributed by atoms with van der Waals surface area (Å²) in [6.07, 6.45) is 0. The summed E-state index contributed by atoms with van der Waals surface area (Å²) in [6, 6.07) is 23.2. The quantitative estimate of drug-likeness (QED) is 0.502. The molecule has 0 aliphatic rings. The number of hydrogen-bond acceptors (Lipinski definition) is 3. The van der Waals surface area contributed by atoms with Gasteiger partial charge in [-0.05, 0) is 36.8 Å². The molecule has 0 saturated carbocycles. The highest BCUT2D eigenvalue weighted by molar-refractivity contribution is 5.93. The standard InChI is InChI=1S/C24H19FN2O2/c1-16-7-5-6-10-20(16)27-24(28)15-29-23-14-22(17-8-3-2-4-9-17)26-21-12-11-18(25)13-19(21)23/h2-14H,15H2,1H3,(H,27,28). The molecule has 0 aliphatic heterocycles. The van der Waals surface area contributed by atoms with Gasteiger partial charge in [-0.15, -0.1) is 0 Å². The monoisotopic (exact) mass is 386 g/mol. The Labute approximate surface area is 168 Å². The van der Waals surface area contributed by atoms with Crippen LogP contribution in [0.2, 0.25) is 0 Å². The van der Waals surface area contributed by atoms with Gasteiger partial charge in [0.1, 0.15) is 11.6 Å². The van der Waals surface area contributed by atoms with E-state index in [9.17, 15) is 9.18 Å². The van der Waals surface area contributed by atoms with Crippen molar-refractivity contribution >= 4 is 22.5 Å². The van der Waals surface area contributed by atoms with Crippen molar-refractivity contribution in [3.63, 3.8) is 0 Å². The highest BCUT2D eigenvalue weighted by Crippen LogP contribution is 2.30. The van der Waals surface area contributed by atoms with E-state index in [1.54, 1.807) is 12.1 Å². The number of fused-ring (bicyclic) bond motifs is 1. The lowest BCUT2D eigenvalue weighted by atomic mass is 10.1. The fraction of sp³-hybridized carbons (Fsp3) is 0.0833. The Balaban J connectivity index is 1.62. The van der Waals surface area contributed by atoms with Gasteiger partial charge in [-0.3, -0.25) is 4.79 Å². The molecule has 4 rings (SSSR count). The molecule has 1 amide bonds. The van der Waals surface area contributed by atoms with Crippen LogP contribution in [-0.2, 0) is 4.79 Å². The van der Waals surface area contributed by atoms with Crippen molar-refractivity contribution in [1.82, 2.24) is 4.98 Å². The predicted molar refractivity (Wildman–Crippen MR) is 112 cm³/mol. The van der Waals surface area contributed by atoms with E-state index in [1.807, 2.05) is 61.5 Å². The van der Waals surface area contributed by atoms with Crippen LogP contribution in [0.4, 0.5) is 10.1 Å². The Hall–Kier alpha value is -3.73. The van der Waals surface area contributed by atoms with Crippen LogP contribution >= 0.6 is 0 Å². The van der Waals surface area contributed by atoms with Gasteiger partial charge in [0.05, 0.1) is 11.2 Å². The minimum Gasteiger partial charge on any atom is -0.483 e. The lowest BCUT2D eigenvalue weighted by Gasteiger charge is -2.13. The molecule has 4 aromatic rings. The summed E-state index contributed by atoms with van der Waals surface area (Å²) in [5, 5.41) is 3.35. The molecule has 5 heteroatoms. The number of hydrogen-bond donors (Lipinski definition) is 1. The average Bonchev–Trinajstić information content (AvgIpc) is 2.74. The Morgan fingerprint density at radius 1 is 1.00 bits per heavy atom. The molecule has 0 fully saturated rings. The first kappa shape index (κ1) is 18.6. The maximum Gasteiger partial charge on any atom is 0.262 e. The van der Waals surface area contributed by atoms with Crippen LogP contribution in [0.3, 0.4) is 0 Å². The summed E-state index contributed by atoms with van der Waals surface area (Å²) < 4.78 is 19.6. The lowest BCUT2D eigenvalue weighted by molar-refractivity contribution is -0.118. The smallest absolute Gasteiger partial charge is 0.262 e. The lowest BCUT2D eigenvalue weighted by Crippen LogP contribution is -2.20. The molecule has 3 aromatic carbocycles. The van der Waals surface area contributed by atoms with E-state index in [0.29, 0.717) is 22.3 Å². The number of carbonyl (C=O) groups is 1. The number of ether oxygens (including phenoxy) is 1. The van der Waals surface area contributed by atoms with Crippen LogP contribution in [0.15, 0.2) is 78.9 Å². The second-order valence-corrected chi connectivity index (χ2v) is 6.68. The van der Waals surface area contributed by atoms with Gasteiger partial charge in [0.15, 0.2) is 6.61 Å². The van der Waals surface area contributed by atoms with E-state index in [0.717, 1.165) is 16.8 Å². The van der Waals surface area contributed by atoms with Crippen molar-refractivity contribution in [3.8, 4) is 17.0 Å². The fourth-order valence-corrected chi connectivity index (χ4v) is 3.09. The number of carbonyl (C=O) groups excluding carboxylic acids is 1. The maximum atomic E-state index is 13.8. The zero-order valence-corrected chi connectivity index (χ0v) is 15.9. The van der Waals surface area contributed by atoms with Crippen molar-refractivity contribution in [1.29, 1.82) is 0 Å². The molecular weight excluding hydrogens is 367 g/mol. The SMILES string of the molecule is Cc1ccccc1NC(=O)COc1cc(-c2ccccc2)nc2ccc(F)cc12. The number of pyridine rings is 1.